The summed E-state index contributed by atoms with van der Waals surface area (Å²) < 4.78 is 5.05. The van der Waals surface area contributed by atoms with Gasteiger partial charge in [0.25, 0.3) is 0 Å². The van der Waals surface area contributed by atoms with Crippen molar-refractivity contribution in [2.45, 2.75) is 19.4 Å². The molecule has 98 valence electrons. The molecule has 2 N–H and O–H groups in total. The first-order chi connectivity index (χ1) is 8.69. The number of methoxy groups -OCH3 is 1. The Labute approximate surface area is 107 Å². The van der Waals surface area contributed by atoms with Gasteiger partial charge in [0.2, 0.25) is 5.91 Å². The molecule has 18 heavy (non-hydrogen) atoms. The highest BCUT2D eigenvalue weighted by Gasteiger charge is 2.05. The van der Waals surface area contributed by atoms with Gasteiger partial charge >= 0.3 is 0 Å². The van der Waals surface area contributed by atoms with Gasteiger partial charge in [0.05, 0.1) is 19.8 Å². The van der Waals surface area contributed by atoms with Gasteiger partial charge in [-0.15, -0.1) is 0 Å². The highest BCUT2D eigenvalue weighted by molar-refractivity contribution is 5.91. The van der Waals surface area contributed by atoms with Crippen LogP contribution in [0.25, 0.3) is 6.08 Å². The van der Waals surface area contributed by atoms with Gasteiger partial charge in [0.1, 0.15) is 5.75 Å². The van der Waals surface area contributed by atoms with E-state index >= 15 is 0 Å². The Morgan fingerprint density at radius 3 is 2.61 bits per heavy atom. The molecule has 4 nitrogen and oxygen atoms in total. The van der Waals surface area contributed by atoms with E-state index in [-0.39, 0.29) is 18.6 Å². The lowest BCUT2D eigenvalue weighted by molar-refractivity contribution is -0.117. The first kappa shape index (κ1) is 14.3. The van der Waals surface area contributed by atoms with Crippen LogP contribution < -0.4 is 10.1 Å². The topological polar surface area (TPSA) is 58.6 Å². The molecule has 0 saturated carbocycles. The fourth-order valence-electron chi connectivity index (χ4n) is 1.41. The van der Waals surface area contributed by atoms with Crippen molar-refractivity contribution in [2.24, 2.45) is 0 Å². The Morgan fingerprint density at radius 2 is 2.11 bits per heavy atom. The number of aliphatic hydroxyl groups is 1. The number of nitrogens with one attached hydrogen (secondary N) is 1. The smallest absolute Gasteiger partial charge is 0.244 e. The van der Waals surface area contributed by atoms with Crippen molar-refractivity contribution in [2.75, 3.05) is 13.7 Å². The van der Waals surface area contributed by atoms with Gasteiger partial charge < -0.3 is 15.2 Å². The Kier molecular flexibility index (Phi) is 5.94. The number of rotatable bonds is 6. The lowest BCUT2D eigenvalue weighted by atomic mass is 10.2. The van der Waals surface area contributed by atoms with Gasteiger partial charge in [0, 0.05) is 6.08 Å². The van der Waals surface area contributed by atoms with E-state index < -0.39 is 0 Å². The molecule has 1 rings (SSSR count). The molecule has 1 amide bonds. The maximum Gasteiger partial charge on any atom is 0.244 e. The van der Waals surface area contributed by atoms with Crippen LogP contribution in [0.3, 0.4) is 0 Å². The molecule has 0 radical (unpaired) electrons. The molecular formula is C14H19NO3. The monoisotopic (exact) mass is 249 g/mol. The number of aliphatic hydroxyl groups excluding tert-OH is 1. The van der Waals surface area contributed by atoms with Crippen LogP contribution in [0.4, 0.5) is 0 Å². The van der Waals surface area contributed by atoms with E-state index in [1.807, 2.05) is 31.2 Å². The number of amides is 1. The van der Waals surface area contributed by atoms with Gasteiger partial charge in [-0.3, -0.25) is 4.79 Å². The van der Waals surface area contributed by atoms with Crippen LogP contribution in [-0.4, -0.2) is 30.8 Å². The largest absolute Gasteiger partial charge is 0.497 e. The predicted molar refractivity (Wildman–Crippen MR) is 71.3 cm³/mol. The predicted octanol–water partition coefficient (Wildman–Crippen LogP) is 1.60. The van der Waals surface area contributed by atoms with Crippen LogP contribution in [-0.2, 0) is 4.79 Å². The molecule has 1 atom stereocenters. The average Bonchev–Trinajstić information content (AvgIpc) is 2.43. The molecule has 0 aromatic heterocycles. The molecule has 1 aromatic carbocycles. The maximum absolute atomic E-state index is 11.5. The molecule has 0 aliphatic heterocycles. The van der Waals surface area contributed by atoms with E-state index in [1.54, 1.807) is 13.2 Å². The fraction of sp³-hybridized carbons (Fsp3) is 0.357. The zero-order chi connectivity index (χ0) is 13.4. The third-order valence-corrected chi connectivity index (χ3v) is 2.60. The van der Waals surface area contributed by atoms with Crippen molar-refractivity contribution in [3.8, 4) is 5.75 Å². The van der Waals surface area contributed by atoms with Crippen molar-refractivity contribution >= 4 is 12.0 Å². The first-order valence-corrected chi connectivity index (χ1v) is 5.93. The van der Waals surface area contributed by atoms with E-state index in [9.17, 15) is 4.79 Å². The van der Waals surface area contributed by atoms with Crippen LogP contribution in [0.15, 0.2) is 30.3 Å². The fourth-order valence-corrected chi connectivity index (χ4v) is 1.41. The van der Waals surface area contributed by atoms with E-state index in [1.165, 1.54) is 6.08 Å². The Morgan fingerprint density at radius 1 is 1.44 bits per heavy atom. The van der Waals surface area contributed by atoms with E-state index in [2.05, 4.69) is 5.32 Å². The number of benzene rings is 1. The second kappa shape index (κ2) is 7.50. The van der Waals surface area contributed by atoms with Crippen LogP contribution >= 0.6 is 0 Å². The number of hydrogen-bond acceptors (Lipinski definition) is 3. The third kappa shape index (κ3) is 4.59. The number of carbonyl (C=O) groups excluding carboxylic acids is 1. The highest BCUT2D eigenvalue weighted by Crippen LogP contribution is 2.12. The number of hydrogen-bond donors (Lipinski definition) is 2. The first-order valence-electron chi connectivity index (χ1n) is 5.93. The zero-order valence-electron chi connectivity index (χ0n) is 10.7. The number of ether oxygens (including phenoxy) is 1. The quantitative estimate of drug-likeness (QED) is 0.753. The second-order valence-corrected chi connectivity index (χ2v) is 3.90. The van der Waals surface area contributed by atoms with Crippen molar-refractivity contribution in [3.05, 3.63) is 35.9 Å². The minimum atomic E-state index is -0.202. The minimum Gasteiger partial charge on any atom is -0.497 e. The molecule has 0 saturated heterocycles. The SMILES string of the molecule is CCC(CO)NC(=O)/C=C/c1ccc(OC)cc1. The molecule has 1 aromatic rings. The van der Waals surface area contributed by atoms with Crippen LogP contribution in [0.5, 0.6) is 5.75 Å². The number of carbonyl (C=O) groups is 1. The molecule has 0 aliphatic rings. The molecule has 0 spiro atoms. The standard InChI is InChI=1S/C14H19NO3/c1-3-12(10-16)15-14(17)9-6-11-4-7-13(18-2)8-5-11/h4-9,12,16H,3,10H2,1-2H3,(H,15,17)/b9-6+. The van der Waals surface area contributed by atoms with Gasteiger partial charge in [-0.05, 0) is 30.2 Å². The van der Waals surface area contributed by atoms with Crippen molar-refractivity contribution in [1.82, 2.24) is 5.32 Å². The molecule has 1 unspecified atom stereocenters. The van der Waals surface area contributed by atoms with Gasteiger partial charge in [-0.2, -0.15) is 0 Å². The zero-order valence-corrected chi connectivity index (χ0v) is 10.7. The Bertz CT molecular complexity index is 394. The summed E-state index contributed by atoms with van der Waals surface area (Å²) in [7, 11) is 1.61. The summed E-state index contributed by atoms with van der Waals surface area (Å²) in [5.41, 5.74) is 0.919. The van der Waals surface area contributed by atoms with E-state index in [4.69, 9.17) is 9.84 Å². The summed E-state index contributed by atoms with van der Waals surface area (Å²) in [4.78, 5) is 11.5. The molecule has 0 aliphatic carbocycles. The van der Waals surface area contributed by atoms with Gasteiger partial charge in [-0.1, -0.05) is 19.1 Å². The second-order valence-electron chi connectivity index (χ2n) is 3.90. The minimum absolute atomic E-state index is 0.0430. The maximum atomic E-state index is 11.5. The summed E-state index contributed by atoms with van der Waals surface area (Å²) in [5, 5.41) is 11.7. The van der Waals surface area contributed by atoms with Gasteiger partial charge in [0.15, 0.2) is 0 Å². The third-order valence-electron chi connectivity index (χ3n) is 2.60. The lowest BCUT2D eigenvalue weighted by Gasteiger charge is -2.11. The van der Waals surface area contributed by atoms with E-state index in [0.717, 1.165) is 11.3 Å². The Balaban J connectivity index is 2.54. The van der Waals surface area contributed by atoms with Crippen LogP contribution in [0.2, 0.25) is 0 Å². The molecule has 0 bridgehead atoms. The summed E-state index contributed by atoms with van der Waals surface area (Å²) >= 11 is 0. The molecular weight excluding hydrogens is 230 g/mol. The van der Waals surface area contributed by atoms with Crippen LogP contribution in [0.1, 0.15) is 18.9 Å². The summed E-state index contributed by atoms with van der Waals surface area (Å²) in [6, 6.07) is 7.22. The van der Waals surface area contributed by atoms with Crippen molar-refractivity contribution < 1.29 is 14.6 Å². The van der Waals surface area contributed by atoms with E-state index in [0.29, 0.717) is 6.42 Å². The summed E-state index contributed by atoms with van der Waals surface area (Å²) in [6.07, 6.45) is 3.89. The van der Waals surface area contributed by atoms with Crippen LogP contribution in [0, 0.1) is 0 Å². The normalized spacial score (nSPS) is 12.4. The molecule has 0 heterocycles. The lowest BCUT2D eigenvalue weighted by Crippen LogP contribution is -2.35. The molecule has 4 heteroatoms. The summed E-state index contributed by atoms with van der Waals surface area (Å²) in [6.45, 7) is 1.87. The van der Waals surface area contributed by atoms with Crippen molar-refractivity contribution in [1.29, 1.82) is 0 Å². The Hall–Kier alpha value is -1.81. The highest BCUT2D eigenvalue weighted by atomic mass is 16.5. The van der Waals surface area contributed by atoms with Crippen molar-refractivity contribution in [3.63, 3.8) is 0 Å². The molecule has 0 fully saturated rings. The van der Waals surface area contributed by atoms with Gasteiger partial charge in [-0.25, -0.2) is 0 Å². The summed E-state index contributed by atoms with van der Waals surface area (Å²) in [5.74, 6) is 0.578. The average molecular weight is 249 g/mol.